The van der Waals surface area contributed by atoms with Crippen LogP contribution in [0, 0.1) is 6.92 Å². The Balaban J connectivity index is 1.46. The molecule has 0 amide bonds. The van der Waals surface area contributed by atoms with Crippen molar-refractivity contribution in [2.45, 2.75) is 44.3 Å². The fraction of sp³-hybridized carbons (Fsp3) is 0.261. The van der Waals surface area contributed by atoms with E-state index in [1.807, 2.05) is 6.92 Å². The summed E-state index contributed by atoms with van der Waals surface area (Å²) in [4.78, 5) is 4.80. The van der Waals surface area contributed by atoms with Gasteiger partial charge in [-0.2, -0.15) is 0 Å². The third-order valence-corrected chi connectivity index (χ3v) is 7.28. The molecule has 2 aromatic heterocycles. The fourth-order valence-corrected chi connectivity index (χ4v) is 5.39. The van der Waals surface area contributed by atoms with E-state index in [1.54, 1.807) is 41.3 Å². The summed E-state index contributed by atoms with van der Waals surface area (Å²) in [5.74, 6) is 1.98. The van der Waals surface area contributed by atoms with Crippen LogP contribution in [0.2, 0.25) is 10.0 Å². The Bertz CT molecular complexity index is 1220. The lowest BCUT2D eigenvalue weighted by Crippen LogP contribution is -2.12. The molecule has 2 heterocycles. The Labute approximate surface area is 205 Å². The molecule has 0 aliphatic carbocycles. The second-order valence-electron chi connectivity index (χ2n) is 7.22. The summed E-state index contributed by atoms with van der Waals surface area (Å²) in [6.45, 7) is 6.81. The zero-order valence-electron chi connectivity index (χ0n) is 17.9. The molecule has 0 saturated carbocycles. The average Bonchev–Trinajstić information content (AvgIpc) is 3.41. The van der Waals surface area contributed by atoms with Gasteiger partial charge in [0.25, 0.3) is 0 Å². The van der Waals surface area contributed by atoms with Crippen LogP contribution >= 0.6 is 46.3 Å². The minimum atomic E-state index is -0.333. The summed E-state index contributed by atoms with van der Waals surface area (Å²) in [5.41, 5.74) is 3.40. The molecule has 0 fully saturated rings. The molecular weight excluding hydrogens is 483 g/mol. The van der Waals surface area contributed by atoms with Gasteiger partial charge in [0.2, 0.25) is 0 Å². The number of aryl methyl sites for hydroxylation is 1. The van der Waals surface area contributed by atoms with Gasteiger partial charge in [-0.15, -0.1) is 21.5 Å². The van der Waals surface area contributed by atoms with Gasteiger partial charge in [0.1, 0.15) is 10.8 Å². The second-order valence-corrected chi connectivity index (χ2v) is 9.87. The van der Waals surface area contributed by atoms with E-state index in [0.29, 0.717) is 15.8 Å². The smallest absolute Gasteiger partial charge is 0.191 e. The van der Waals surface area contributed by atoms with Crippen LogP contribution in [0.25, 0.3) is 10.6 Å². The molecule has 0 bridgehead atoms. The number of benzene rings is 2. The van der Waals surface area contributed by atoms with Crippen LogP contribution in [0.5, 0.6) is 5.75 Å². The maximum absolute atomic E-state index is 6.24. The van der Waals surface area contributed by atoms with Crippen LogP contribution in [-0.4, -0.2) is 19.7 Å². The first-order chi connectivity index (χ1) is 15.4. The first kappa shape index (κ1) is 23.1. The lowest BCUT2D eigenvalue weighted by atomic mass is 10.1. The van der Waals surface area contributed by atoms with Crippen molar-refractivity contribution in [3.63, 3.8) is 0 Å². The van der Waals surface area contributed by atoms with Gasteiger partial charge in [0, 0.05) is 34.3 Å². The maximum Gasteiger partial charge on any atom is 0.191 e. The maximum atomic E-state index is 6.24. The molecule has 0 N–H and O–H groups in total. The van der Waals surface area contributed by atoms with Gasteiger partial charge in [0.05, 0.1) is 10.7 Å². The van der Waals surface area contributed by atoms with Gasteiger partial charge in [-0.3, -0.25) is 0 Å². The van der Waals surface area contributed by atoms with Gasteiger partial charge in [-0.1, -0.05) is 58.7 Å². The molecule has 0 aliphatic heterocycles. The third kappa shape index (κ3) is 5.29. The number of nitrogens with zero attached hydrogens (tertiary/aromatic N) is 4. The highest BCUT2D eigenvalue weighted by Gasteiger charge is 2.20. The Hall–Kier alpha value is -2.06. The van der Waals surface area contributed by atoms with Crippen LogP contribution in [-0.2, 0) is 12.3 Å². The summed E-state index contributed by atoms with van der Waals surface area (Å²) < 4.78 is 8.09. The molecule has 0 saturated heterocycles. The van der Waals surface area contributed by atoms with Crippen molar-refractivity contribution in [2.75, 3.05) is 0 Å². The van der Waals surface area contributed by atoms with Crippen molar-refractivity contribution in [2.24, 2.45) is 0 Å². The topological polar surface area (TPSA) is 52.8 Å². The molecule has 166 valence electrons. The number of rotatable bonds is 8. The number of aromatic nitrogens is 4. The highest BCUT2D eigenvalue weighted by Crippen LogP contribution is 2.33. The van der Waals surface area contributed by atoms with Gasteiger partial charge in [0.15, 0.2) is 17.1 Å². The predicted octanol–water partition coefficient (Wildman–Crippen LogP) is 7.47. The Kier molecular flexibility index (Phi) is 7.40. The van der Waals surface area contributed by atoms with Crippen LogP contribution in [0.4, 0.5) is 0 Å². The fourth-order valence-electron chi connectivity index (χ4n) is 3.24. The van der Waals surface area contributed by atoms with E-state index in [4.69, 9.17) is 32.9 Å². The molecule has 0 radical (unpaired) electrons. The highest BCUT2D eigenvalue weighted by molar-refractivity contribution is 7.98. The number of halogens is 2. The number of thioether (sulfide) groups is 1. The van der Waals surface area contributed by atoms with Crippen LogP contribution in [0.3, 0.4) is 0 Å². The van der Waals surface area contributed by atoms with Gasteiger partial charge >= 0.3 is 0 Å². The van der Waals surface area contributed by atoms with E-state index in [9.17, 15) is 0 Å². The van der Waals surface area contributed by atoms with Crippen molar-refractivity contribution in [1.82, 2.24) is 19.7 Å². The normalized spacial score (nSPS) is 12.2. The molecule has 0 spiro atoms. The van der Waals surface area contributed by atoms with E-state index in [2.05, 4.69) is 58.3 Å². The van der Waals surface area contributed by atoms with Crippen LogP contribution in [0.15, 0.2) is 53.0 Å². The Morgan fingerprint density at radius 3 is 2.78 bits per heavy atom. The molecule has 5 nitrogen and oxygen atoms in total. The zero-order valence-corrected chi connectivity index (χ0v) is 21.0. The summed E-state index contributed by atoms with van der Waals surface area (Å²) in [6.07, 6.45) is -0.333. The lowest BCUT2D eigenvalue weighted by Gasteiger charge is -2.16. The summed E-state index contributed by atoms with van der Waals surface area (Å²) in [5, 5.41) is 13.8. The van der Waals surface area contributed by atoms with Crippen molar-refractivity contribution in [3.05, 3.63) is 75.0 Å². The summed E-state index contributed by atoms with van der Waals surface area (Å²) >= 11 is 15.6. The molecule has 4 rings (SSSR count). The molecule has 1 unspecified atom stereocenters. The SMILES string of the molecule is CCn1c(SCc2csc(-c3cccc(C)c3)n2)nnc1C(C)Oc1cc(Cl)ccc1Cl. The van der Waals surface area contributed by atoms with Gasteiger partial charge in [-0.05, 0) is 39.0 Å². The average molecular weight is 505 g/mol. The first-order valence-electron chi connectivity index (χ1n) is 10.1. The largest absolute Gasteiger partial charge is 0.481 e. The van der Waals surface area contributed by atoms with Crippen LogP contribution < -0.4 is 4.74 Å². The van der Waals surface area contributed by atoms with E-state index in [-0.39, 0.29) is 6.10 Å². The third-order valence-electron chi connectivity index (χ3n) is 4.79. The van der Waals surface area contributed by atoms with Crippen LogP contribution in [0.1, 0.15) is 37.0 Å². The molecule has 4 aromatic rings. The lowest BCUT2D eigenvalue weighted by molar-refractivity contribution is 0.210. The van der Waals surface area contributed by atoms with E-state index < -0.39 is 0 Å². The predicted molar refractivity (Wildman–Crippen MR) is 133 cm³/mol. The Morgan fingerprint density at radius 1 is 1.16 bits per heavy atom. The zero-order chi connectivity index (χ0) is 22.7. The molecule has 1 atom stereocenters. The molecule has 0 aliphatic rings. The minimum Gasteiger partial charge on any atom is -0.481 e. The molecule has 9 heteroatoms. The second kappa shape index (κ2) is 10.3. The van der Waals surface area contributed by atoms with Gasteiger partial charge in [-0.25, -0.2) is 4.98 Å². The van der Waals surface area contributed by atoms with Crippen molar-refractivity contribution in [1.29, 1.82) is 0 Å². The summed E-state index contributed by atoms with van der Waals surface area (Å²) in [7, 11) is 0. The molecule has 2 aromatic carbocycles. The van der Waals surface area contributed by atoms with E-state index in [1.165, 1.54) is 5.56 Å². The molecular formula is C23H22Cl2N4OS2. The summed E-state index contributed by atoms with van der Waals surface area (Å²) in [6, 6.07) is 13.6. The number of hydrogen-bond donors (Lipinski definition) is 0. The van der Waals surface area contributed by atoms with E-state index >= 15 is 0 Å². The quantitative estimate of drug-likeness (QED) is 0.233. The minimum absolute atomic E-state index is 0.333. The number of thiazole rings is 1. The van der Waals surface area contributed by atoms with Crippen molar-refractivity contribution in [3.8, 4) is 16.3 Å². The van der Waals surface area contributed by atoms with Crippen molar-refractivity contribution < 1.29 is 4.74 Å². The number of hydrogen-bond acceptors (Lipinski definition) is 6. The standard InChI is InChI=1S/C23H22Cl2N4OS2/c1-4-29-21(15(3)30-20-11-17(24)8-9-19(20)25)27-28-23(29)32-13-18-12-31-22(26-18)16-7-5-6-14(2)10-16/h5-12,15H,4,13H2,1-3H3. The van der Waals surface area contributed by atoms with Crippen molar-refractivity contribution >= 4 is 46.3 Å². The first-order valence-corrected chi connectivity index (χ1v) is 12.8. The Morgan fingerprint density at radius 2 is 2.00 bits per heavy atom. The van der Waals surface area contributed by atoms with Gasteiger partial charge < -0.3 is 9.30 Å². The number of ether oxygens (including phenoxy) is 1. The van der Waals surface area contributed by atoms with E-state index in [0.717, 1.165) is 39.5 Å². The monoisotopic (exact) mass is 504 g/mol. The molecule has 32 heavy (non-hydrogen) atoms. The highest BCUT2D eigenvalue weighted by atomic mass is 35.5.